The van der Waals surface area contributed by atoms with E-state index in [1.165, 1.54) is 49.4 Å². The first-order valence-corrected chi connectivity index (χ1v) is 15.8. The van der Waals surface area contributed by atoms with Gasteiger partial charge >= 0.3 is 0 Å². The van der Waals surface area contributed by atoms with E-state index in [0.717, 1.165) is 45.3 Å². The van der Waals surface area contributed by atoms with Crippen molar-refractivity contribution in [1.29, 1.82) is 0 Å². The largest absolute Gasteiger partial charge is 0.486 e. The molecular formula is C42H37IrN3O-2. The first-order valence-electron chi connectivity index (χ1n) is 18.8. The number of benzene rings is 3. The van der Waals surface area contributed by atoms with E-state index in [4.69, 9.17) is 12.6 Å². The van der Waals surface area contributed by atoms with E-state index in [0.29, 0.717) is 17.2 Å². The molecule has 0 aliphatic heterocycles. The van der Waals surface area contributed by atoms with Crippen molar-refractivity contribution in [3.8, 4) is 22.5 Å². The summed E-state index contributed by atoms with van der Waals surface area (Å²) in [5.74, 6) is 0.713. The van der Waals surface area contributed by atoms with Crippen molar-refractivity contribution in [2.45, 2.75) is 58.1 Å². The van der Waals surface area contributed by atoms with Gasteiger partial charge in [0.2, 0.25) is 5.71 Å². The number of rotatable bonds is 5. The Morgan fingerprint density at radius 1 is 0.787 bits per heavy atom. The van der Waals surface area contributed by atoms with Gasteiger partial charge in [-0.1, -0.05) is 72.7 Å². The van der Waals surface area contributed by atoms with Gasteiger partial charge in [0.05, 0.1) is 5.58 Å². The van der Waals surface area contributed by atoms with Crippen LogP contribution in [0.25, 0.3) is 44.6 Å². The van der Waals surface area contributed by atoms with Gasteiger partial charge in [0.1, 0.15) is 0 Å². The van der Waals surface area contributed by atoms with Gasteiger partial charge in [-0.15, -0.1) is 54.1 Å². The molecule has 4 aromatic heterocycles. The quantitative estimate of drug-likeness (QED) is 0.163. The van der Waals surface area contributed by atoms with Gasteiger partial charge in [0, 0.05) is 51.8 Å². The molecule has 4 nitrogen and oxygen atoms in total. The number of furan rings is 1. The molecule has 1 saturated carbocycles. The number of nitrogens with zero attached hydrogens (tertiary/aromatic N) is 3. The van der Waals surface area contributed by atoms with E-state index >= 15 is 0 Å². The zero-order valence-electron chi connectivity index (χ0n) is 31.8. The Morgan fingerprint density at radius 3 is 2.45 bits per heavy atom. The topological polar surface area (TPSA) is 51.8 Å². The molecule has 1 aliphatic carbocycles. The summed E-state index contributed by atoms with van der Waals surface area (Å²) in [6.45, 7) is -4.38. The fourth-order valence-corrected chi connectivity index (χ4v) is 6.22. The van der Waals surface area contributed by atoms with E-state index in [-0.39, 0.29) is 31.4 Å². The molecule has 0 spiro atoms. The van der Waals surface area contributed by atoms with Crippen LogP contribution in [0, 0.1) is 25.8 Å². The van der Waals surface area contributed by atoms with Crippen LogP contribution in [0.1, 0.15) is 74.2 Å². The summed E-state index contributed by atoms with van der Waals surface area (Å²) >= 11 is 0. The van der Waals surface area contributed by atoms with Crippen molar-refractivity contribution < 1.29 is 32.7 Å². The van der Waals surface area contributed by atoms with Crippen molar-refractivity contribution in [2.24, 2.45) is 0 Å². The fraction of sp³-hybridized carbons (Fsp3) is 0.214. The third-order valence-electron chi connectivity index (χ3n) is 8.59. The predicted octanol–water partition coefficient (Wildman–Crippen LogP) is 10.6. The molecule has 1 aliphatic rings. The van der Waals surface area contributed by atoms with E-state index < -0.39 is 13.7 Å². The first-order chi connectivity index (χ1) is 25.0. The molecule has 0 atom stereocenters. The monoisotopic (exact) mass is 798 g/mol. The molecule has 237 valence electrons. The summed E-state index contributed by atoms with van der Waals surface area (Å²) in [5, 5.41) is 1.65. The first kappa shape index (κ1) is 25.6. The van der Waals surface area contributed by atoms with E-state index in [9.17, 15) is 0 Å². The second-order valence-corrected chi connectivity index (χ2v) is 11.8. The third kappa shape index (κ3) is 7.59. The van der Waals surface area contributed by atoms with Gasteiger partial charge in [0.15, 0.2) is 0 Å². The molecule has 3 aromatic carbocycles. The van der Waals surface area contributed by atoms with Crippen LogP contribution in [0.2, 0.25) is 0 Å². The van der Waals surface area contributed by atoms with Gasteiger partial charge in [-0.05, 0) is 90.7 Å². The van der Waals surface area contributed by atoms with Gasteiger partial charge in [0.25, 0.3) is 0 Å². The second-order valence-electron chi connectivity index (χ2n) is 11.8. The molecule has 0 amide bonds. The molecule has 0 bridgehead atoms. The van der Waals surface area contributed by atoms with E-state index in [2.05, 4.69) is 57.4 Å². The number of fused-ring (bicyclic) bond motifs is 3. The molecule has 5 heteroatoms. The second kappa shape index (κ2) is 15.0. The third-order valence-corrected chi connectivity index (χ3v) is 8.59. The number of pyridine rings is 3. The minimum Gasteiger partial charge on any atom is -0.486 e. The molecule has 47 heavy (non-hydrogen) atoms. The zero-order valence-corrected chi connectivity index (χ0v) is 28.2. The molecule has 1 radical (unpaired) electrons. The maximum Gasteiger partial charge on any atom is 0.216 e. The summed E-state index contributed by atoms with van der Waals surface area (Å²) < 4.78 is 50.7. The molecule has 0 N–H and O–H groups in total. The predicted molar refractivity (Wildman–Crippen MR) is 187 cm³/mol. The molecule has 7 aromatic rings. The summed E-state index contributed by atoms with van der Waals surface area (Å²) in [6.07, 6.45) is 10.7. The van der Waals surface area contributed by atoms with Crippen LogP contribution >= 0.6 is 0 Å². The van der Waals surface area contributed by atoms with Crippen LogP contribution in [0.3, 0.4) is 0 Å². The van der Waals surface area contributed by atoms with Crippen LogP contribution in [0.5, 0.6) is 0 Å². The molecule has 0 saturated heterocycles. The number of aryl methyl sites for hydroxylation is 2. The Hall–Kier alpha value is -4.44. The standard InChI is InChI=1S/C30H27N2O.C12H10N.Ir/c1-20-10-15-26-25-8-5-9-27(29(25)33-30(26)32-20)28-19-22(16-17-31-28)18-21-11-13-24(14-12-21)23-6-3-2-4-7-23;1-10-7-8-12(13-9-10)11-5-3-2-4-6-11;/h5,8,10-17,19,23H,2-4,6-7,18H2,1H3;2-5,7-9H,1H3;/q2*-1;/i2*1D3;. The van der Waals surface area contributed by atoms with Crippen LogP contribution < -0.4 is 0 Å². The van der Waals surface area contributed by atoms with Crippen LogP contribution in [-0.2, 0) is 26.5 Å². The maximum atomic E-state index is 7.65. The fourth-order valence-electron chi connectivity index (χ4n) is 6.22. The average Bonchev–Trinajstić information content (AvgIpc) is 3.54. The minimum absolute atomic E-state index is 0. The molecule has 1 fully saturated rings. The van der Waals surface area contributed by atoms with Gasteiger partial charge in [-0.3, -0.25) is 0 Å². The molecule has 8 rings (SSSR count). The summed E-state index contributed by atoms with van der Waals surface area (Å²) in [7, 11) is 0. The van der Waals surface area contributed by atoms with Crippen molar-refractivity contribution in [1.82, 2.24) is 15.0 Å². The number of hydrogen-bond acceptors (Lipinski definition) is 4. The SMILES string of the molecule is [2H]C([2H])([2H])c1ccc(-c2[c-]cccc2)nc1.[2H]C([2H])([2H])c1ccc2c(n1)oc1c(-c3cc(Cc4ccc(C5CCCCC5)cc4)ccn3)[c-]ccc12.[Ir]. The van der Waals surface area contributed by atoms with Crippen LogP contribution in [0.15, 0.2) is 114 Å². The Kier molecular flexibility index (Phi) is 8.17. The van der Waals surface area contributed by atoms with Crippen LogP contribution in [0.4, 0.5) is 0 Å². The normalized spacial score (nSPS) is 15.6. The molecule has 4 heterocycles. The summed E-state index contributed by atoms with van der Waals surface area (Å²) in [5.41, 5.74) is 8.22. The van der Waals surface area contributed by atoms with Crippen molar-refractivity contribution >= 4 is 22.1 Å². The Balaban J connectivity index is 0.000000238. The summed E-state index contributed by atoms with van der Waals surface area (Å²) in [6, 6.07) is 37.4. The number of aromatic nitrogens is 3. The minimum atomic E-state index is -2.29. The van der Waals surface area contributed by atoms with Crippen molar-refractivity contribution in [2.75, 3.05) is 0 Å². The average molecular weight is 798 g/mol. The van der Waals surface area contributed by atoms with E-state index in [1.807, 2.05) is 42.6 Å². The Morgan fingerprint density at radius 2 is 1.68 bits per heavy atom. The Labute approximate surface area is 299 Å². The Bertz CT molecular complexity index is 2280. The van der Waals surface area contributed by atoms with Crippen LogP contribution in [-0.4, -0.2) is 15.0 Å². The van der Waals surface area contributed by atoms with Gasteiger partial charge in [-0.25, -0.2) is 4.98 Å². The van der Waals surface area contributed by atoms with Crippen molar-refractivity contribution in [3.05, 3.63) is 150 Å². The maximum absolute atomic E-state index is 7.65. The van der Waals surface area contributed by atoms with Crippen molar-refractivity contribution in [3.63, 3.8) is 0 Å². The number of hydrogen-bond donors (Lipinski definition) is 0. The summed E-state index contributed by atoms with van der Waals surface area (Å²) in [4.78, 5) is 13.0. The van der Waals surface area contributed by atoms with E-state index in [1.54, 1.807) is 30.3 Å². The van der Waals surface area contributed by atoms with Gasteiger partial charge < -0.3 is 14.4 Å². The zero-order chi connectivity index (χ0) is 36.3. The molecular weight excluding hydrogens is 755 g/mol. The smallest absolute Gasteiger partial charge is 0.216 e. The van der Waals surface area contributed by atoms with Gasteiger partial charge in [-0.2, -0.15) is 0 Å². The molecule has 0 unspecified atom stereocenters.